The van der Waals surface area contributed by atoms with E-state index in [0.717, 1.165) is 28.5 Å². The van der Waals surface area contributed by atoms with Gasteiger partial charge in [0.2, 0.25) is 11.9 Å². The number of anilines is 1. The molecular formula is C12H14BrN5O. The summed E-state index contributed by atoms with van der Waals surface area (Å²) in [5.74, 6) is 0.783. The second-order valence-electron chi connectivity index (χ2n) is 4.68. The van der Waals surface area contributed by atoms with Gasteiger partial charge < -0.3 is 11.1 Å². The molecule has 6 nitrogen and oxygen atoms in total. The molecule has 19 heavy (non-hydrogen) atoms. The van der Waals surface area contributed by atoms with Crippen molar-refractivity contribution in [2.24, 2.45) is 5.92 Å². The Labute approximate surface area is 118 Å². The van der Waals surface area contributed by atoms with Crippen molar-refractivity contribution in [3.8, 4) is 0 Å². The Morgan fingerprint density at radius 1 is 1.58 bits per heavy atom. The molecule has 3 rings (SSSR count). The molecule has 0 spiro atoms. The maximum absolute atomic E-state index is 11.5. The van der Waals surface area contributed by atoms with Gasteiger partial charge in [-0.05, 0) is 34.8 Å². The minimum absolute atomic E-state index is 0.138. The topological polar surface area (TPSA) is 85.8 Å². The maximum atomic E-state index is 11.5. The van der Waals surface area contributed by atoms with Crippen LogP contribution in [0.25, 0.3) is 11.2 Å². The number of fused-ring (bicyclic) bond motifs is 1. The summed E-state index contributed by atoms with van der Waals surface area (Å²) in [4.78, 5) is 20.1. The molecule has 0 aromatic carbocycles. The average molecular weight is 324 g/mol. The lowest BCUT2D eigenvalue weighted by atomic mass is 10.4. The normalized spacial score (nSPS) is 14.8. The minimum atomic E-state index is 0.138. The third-order valence-corrected chi connectivity index (χ3v) is 3.60. The molecular weight excluding hydrogens is 310 g/mol. The lowest BCUT2D eigenvalue weighted by molar-refractivity contribution is -0.122. The van der Waals surface area contributed by atoms with Crippen molar-refractivity contribution >= 4 is 38.9 Å². The number of hydrogen-bond acceptors (Lipinski definition) is 4. The number of imidazole rings is 1. The van der Waals surface area contributed by atoms with Gasteiger partial charge in [-0.25, -0.2) is 9.97 Å². The average Bonchev–Trinajstić information content (AvgIpc) is 3.16. The van der Waals surface area contributed by atoms with Crippen LogP contribution in [0.1, 0.15) is 12.8 Å². The van der Waals surface area contributed by atoms with E-state index < -0.39 is 0 Å². The van der Waals surface area contributed by atoms with E-state index in [4.69, 9.17) is 5.73 Å². The highest BCUT2D eigenvalue weighted by Gasteiger charge is 2.29. The quantitative estimate of drug-likeness (QED) is 0.888. The monoisotopic (exact) mass is 323 g/mol. The number of amides is 1. The predicted molar refractivity (Wildman–Crippen MR) is 75.4 cm³/mol. The van der Waals surface area contributed by atoms with Crippen molar-refractivity contribution in [1.82, 2.24) is 19.9 Å². The number of nitrogens with zero attached hydrogens (tertiary/aromatic N) is 3. The SMILES string of the molecule is Nc1nc2cc(Br)cnc2n1CCNC(=O)C1CC1. The van der Waals surface area contributed by atoms with Crippen LogP contribution in [0.15, 0.2) is 16.7 Å². The van der Waals surface area contributed by atoms with Crippen LogP contribution in [0.3, 0.4) is 0 Å². The Kier molecular flexibility index (Phi) is 3.14. The first-order chi connectivity index (χ1) is 9.15. The summed E-state index contributed by atoms with van der Waals surface area (Å²) in [6.45, 7) is 1.12. The number of hydrogen-bond donors (Lipinski definition) is 2. The van der Waals surface area contributed by atoms with Gasteiger partial charge in [0.05, 0.1) is 0 Å². The number of halogens is 1. The van der Waals surface area contributed by atoms with Crippen molar-refractivity contribution in [3.05, 3.63) is 16.7 Å². The molecule has 0 saturated heterocycles. The second-order valence-corrected chi connectivity index (χ2v) is 5.60. The minimum Gasteiger partial charge on any atom is -0.369 e. The number of nitrogen functional groups attached to an aromatic ring is 1. The number of pyridine rings is 1. The number of nitrogens with one attached hydrogen (secondary N) is 1. The molecule has 7 heteroatoms. The summed E-state index contributed by atoms with van der Waals surface area (Å²) in [6.07, 6.45) is 3.73. The summed E-state index contributed by atoms with van der Waals surface area (Å²) in [5.41, 5.74) is 7.36. The molecule has 0 unspecified atom stereocenters. The van der Waals surface area contributed by atoms with Gasteiger partial charge in [-0.15, -0.1) is 0 Å². The molecule has 1 aliphatic carbocycles. The van der Waals surface area contributed by atoms with Gasteiger partial charge in [0.25, 0.3) is 0 Å². The van der Waals surface area contributed by atoms with Crippen LogP contribution < -0.4 is 11.1 Å². The van der Waals surface area contributed by atoms with E-state index in [1.807, 2.05) is 10.6 Å². The number of carbonyl (C=O) groups excluding carboxylic acids is 1. The van der Waals surface area contributed by atoms with Crippen molar-refractivity contribution in [2.45, 2.75) is 19.4 Å². The van der Waals surface area contributed by atoms with Crippen molar-refractivity contribution in [3.63, 3.8) is 0 Å². The van der Waals surface area contributed by atoms with Gasteiger partial charge in [0.15, 0.2) is 5.65 Å². The number of aromatic nitrogens is 3. The molecule has 1 amide bonds. The number of rotatable bonds is 4. The van der Waals surface area contributed by atoms with Crippen molar-refractivity contribution < 1.29 is 4.79 Å². The fourth-order valence-corrected chi connectivity index (χ4v) is 2.32. The Balaban J connectivity index is 1.72. The first-order valence-electron chi connectivity index (χ1n) is 6.20. The van der Waals surface area contributed by atoms with Gasteiger partial charge in [0, 0.05) is 29.7 Å². The molecule has 0 radical (unpaired) electrons. The third kappa shape index (κ3) is 2.56. The second kappa shape index (κ2) is 4.80. The lowest BCUT2D eigenvalue weighted by Gasteiger charge is -2.07. The van der Waals surface area contributed by atoms with Crippen LogP contribution in [0.5, 0.6) is 0 Å². The summed E-state index contributed by atoms with van der Waals surface area (Å²) in [7, 11) is 0. The highest BCUT2D eigenvalue weighted by molar-refractivity contribution is 9.10. The van der Waals surface area contributed by atoms with E-state index in [1.54, 1.807) is 6.20 Å². The van der Waals surface area contributed by atoms with Gasteiger partial charge in [-0.3, -0.25) is 9.36 Å². The van der Waals surface area contributed by atoms with Gasteiger partial charge in [0.1, 0.15) is 5.52 Å². The molecule has 1 aliphatic rings. The van der Waals surface area contributed by atoms with Crippen LogP contribution in [-0.2, 0) is 11.3 Å². The van der Waals surface area contributed by atoms with E-state index in [0.29, 0.717) is 19.0 Å². The standard InChI is InChI=1S/C12H14BrN5O/c13-8-5-9-10(16-6-8)18(12(14)17-9)4-3-15-11(19)7-1-2-7/h5-7H,1-4H2,(H2,14,17)(H,15,19). The molecule has 1 fully saturated rings. The Hall–Kier alpha value is -1.63. The summed E-state index contributed by atoms with van der Waals surface area (Å²) >= 11 is 3.35. The van der Waals surface area contributed by atoms with Crippen LogP contribution >= 0.6 is 15.9 Å². The van der Waals surface area contributed by atoms with E-state index in [9.17, 15) is 4.79 Å². The molecule has 0 atom stereocenters. The largest absolute Gasteiger partial charge is 0.369 e. The fourth-order valence-electron chi connectivity index (χ4n) is 2.01. The maximum Gasteiger partial charge on any atom is 0.223 e. The molecule has 1 saturated carbocycles. The molecule has 2 aromatic heterocycles. The first kappa shape index (κ1) is 12.4. The van der Waals surface area contributed by atoms with Crippen molar-refractivity contribution in [2.75, 3.05) is 12.3 Å². The third-order valence-electron chi connectivity index (χ3n) is 3.16. The predicted octanol–water partition coefficient (Wildman–Crippen LogP) is 1.30. The molecule has 100 valence electrons. The lowest BCUT2D eigenvalue weighted by Crippen LogP contribution is -2.28. The van der Waals surface area contributed by atoms with Crippen LogP contribution in [-0.4, -0.2) is 27.0 Å². The van der Waals surface area contributed by atoms with E-state index in [2.05, 4.69) is 31.2 Å². The van der Waals surface area contributed by atoms with Gasteiger partial charge in [-0.1, -0.05) is 0 Å². The smallest absolute Gasteiger partial charge is 0.223 e. The van der Waals surface area contributed by atoms with E-state index in [-0.39, 0.29) is 11.8 Å². The summed E-state index contributed by atoms with van der Waals surface area (Å²) in [6, 6.07) is 1.87. The molecule has 0 aliphatic heterocycles. The highest BCUT2D eigenvalue weighted by Crippen LogP contribution is 2.28. The Morgan fingerprint density at radius 3 is 3.11 bits per heavy atom. The zero-order chi connectivity index (χ0) is 13.4. The number of nitrogens with two attached hydrogens (primary N) is 1. The number of carbonyl (C=O) groups is 1. The molecule has 3 N–H and O–H groups in total. The first-order valence-corrected chi connectivity index (χ1v) is 6.99. The zero-order valence-corrected chi connectivity index (χ0v) is 11.9. The van der Waals surface area contributed by atoms with Gasteiger partial charge in [-0.2, -0.15) is 0 Å². The summed E-state index contributed by atoms with van der Waals surface area (Å²) < 4.78 is 2.68. The Bertz CT molecular complexity index is 634. The molecule has 0 bridgehead atoms. The van der Waals surface area contributed by atoms with Crippen molar-refractivity contribution in [1.29, 1.82) is 0 Å². The van der Waals surface area contributed by atoms with E-state index in [1.165, 1.54) is 0 Å². The molecule has 2 heterocycles. The van der Waals surface area contributed by atoms with Gasteiger partial charge >= 0.3 is 0 Å². The zero-order valence-electron chi connectivity index (χ0n) is 10.3. The molecule has 2 aromatic rings. The van der Waals surface area contributed by atoms with E-state index >= 15 is 0 Å². The van der Waals surface area contributed by atoms with Crippen LogP contribution in [0, 0.1) is 5.92 Å². The Morgan fingerprint density at radius 2 is 2.37 bits per heavy atom. The summed E-state index contributed by atoms with van der Waals surface area (Å²) in [5, 5.41) is 2.91. The van der Waals surface area contributed by atoms with Crippen LogP contribution in [0.4, 0.5) is 5.95 Å². The highest BCUT2D eigenvalue weighted by atomic mass is 79.9. The fraction of sp³-hybridized carbons (Fsp3) is 0.417. The van der Waals surface area contributed by atoms with Crippen LogP contribution in [0.2, 0.25) is 0 Å².